The highest BCUT2D eigenvalue weighted by atomic mass is 16.3. The van der Waals surface area contributed by atoms with Gasteiger partial charge >= 0.3 is 0 Å². The van der Waals surface area contributed by atoms with Crippen LogP contribution in [0, 0.1) is 5.92 Å². The second-order valence-corrected chi connectivity index (χ2v) is 5.99. The summed E-state index contributed by atoms with van der Waals surface area (Å²) < 4.78 is 5.03. The van der Waals surface area contributed by atoms with E-state index in [1.165, 1.54) is 6.26 Å². The van der Waals surface area contributed by atoms with Crippen LogP contribution in [0.5, 0.6) is 0 Å². The first-order chi connectivity index (χ1) is 11.5. The lowest BCUT2D eigenvalue weighted by molar-refractivity contribution is 0.0907. The van der Waals surface area contributed by atoms with Crippen LogP contribution in [-0.2, 0) is 0 Å². The summed E-state index contributed by atoms with van der Waals surface area (Å²) >= 11 is 0. The fraction of sp³-hybridized carbons (Fsp3) is 0.333. The van der Waals surface area contributed by atoms with Gasteiger partial charge in [0.15, 0.2) is 5.76 Å². The van der Waals surface area contributed by atoms with E-state index < -0.39 is 0 Å². The smallest absolute Gasteiger partial charge is 0.291 e. The van der Waals surface area contributed by atoms with Crippen molar-refractivity contribution in [3.63, 3.8) is 0 Å². The van der Waals surface area contributed by atoms with E-state index in [-0.39, 0.29) is 30.2 Å². The maximum Gasteiger partial charge on any atom is 0.291 e. The van der Waals surface area contributed by atoms with Crippen LogP contribution in [0.2, 0.25) is 0 Å². The number of nitrogens with one attached hydrogen (secondary N) is 2. The van der Waals surface area contributed by atoms with Crippen molar-refractivity contribution >= 4 is 17.5 Å². The van der Waals surface area contributed by atoms with Gasteiger partial charge in [-0.15, -0.1) is 0 Å². The van der Waals surface area contributed by atoms with E-state index in [4.69, 9.17) is 4.42 Å². The molecule has 0 radical (unpaired) electrons. The minimum absolute atomic E-state index is 0.112. The molecule has 128 valence electrons. The molecular weight excluding hydrogens is 308 g/mol. The lowest BCUT2D eigenvalue weighted by atomic mass is 10.0. The molecule has 0 aliphatic rings. The molecule has 0 saturated carbocycles. The monoisotopic (exact) mass is 330 g/mol. The number of rotatable bonds is 7. The standard InChI is InChI=1S/C18H22N2O4/c1-12(2)9-15(11-21)20-17(22)13-5-3-6-14(10-13)19-18(23)16-7-4-8-24-16/h3-8,10,12,15,21H,9,11H2,1-2H3,(H,19,23)(H,20,22). The van der Waals surface area contributed by atoms with E-state index in [2.05, 4.69) is 10.6 Å². The molecule has 1 aromatic heterocycles. The number of hydrogen-bond donors (Lipinski definition) is 3. The van der Waals surface area contributed by atoms with Gasteiger partial charge in [0, 0.05) is 11.3 Å². The number of anilines is 1. The number of aliphatic hydroxyl groups is 1. The molecule has 2 aromatic rings. The van der Waals surface area contributed by atoms with Gasteiger partial charge in [-0.3, -0.25) is 9.59 Å². The quantitative estimate of drug-likeness (QED) is 0.728. The highest BCUT2D eigenvalue weighted by Gasteiger charge is 2.15. The van der Waals surface area contributed by atoms with Crippen LogP contribution >= 0.6 is 0 Å². The summed E-state index contributed by atoms with van der Waals surface area (Å²) in [5.41, 5.74) is 0.905. The molecule has 24 heavy (non-hydrogen) atoms. The number of carbonyl (C=O) groups is 2. The van der Waals surface area contributed by atoms with Gasteiger partial charge < -0.3 is 20.2 Å². The van der Waals surface area contributed by atoms with Crippen LogP contribution < -0.4 is 10.6 Å². The first kappa shape index (κ1) is 17.7. The van der Waals surface area contributed by atoms with E-state index in [0.29, 0.717) is 23.6 Å². The molecule has 0 aliphatic carbocycles. The maximum atomic E-state index is 12.3. The van der Waals surface area contributed by atoms with Gasteiger partial charge in [0.2, 0.25) is 0 Å². The van der Waals surface area contributed by atoms with Gasteiger partial charge in [-0.2, -0.15) is 0 Å². The van der Waals surface area contributed by atoms with Gasteiger partial charge in [0.25, 0.3) is 11.8 Å². The van der Waals surface area contributed by atoms with Gasteiger partial charge in [0.05, 0.1) is 18.9 Å². The number of benzene rings is 1. The largest absolute Gasteiger partial charge is 0.459 e. The topological polar surface area (TPSA) is 91.6 Å². The summed E-state index contributed by atoms with van der Waals surface area (Å²) in [4.78, 5) is 24.3. The fourth-order valence-electron chi connectivity index (χ4n) is 2.36. The Balaban J connectivity index is 2.03. The zero-order valence-electron chi connectivity index (χ0n) is 13.8. The molecule has 0 bridgehead atoms. The Morgan fingerprint density at radius 3 is 2.58 bits per heavy atom. The molecule has 2 amide bonds. The zero-order chi connectivity index (χ0) is 17.5. The molecule has 0 spiro atoms. The SMILES string of the molecule is CC(C)CC(CO)NC(=O)c1cccc(NC(=O)c2ccco2)c1. The summed E-state index contributed by atoms with van der Waals surface area (Å²) in [7, 11) is 0. The molecule has 0 aliphatic heterocycles. The lowest BCUT2D eigenvalue weighted by Crippen LogP contribution is -2.38. The zero-order valence-corrected chi connectivity index (χ0v) is 13.8. The average Bonchev–Trinajstić information content (AvgIpc) is 3.08. The van der Waals surface area contributed by atoms with Crippen molar-refractivity contribution in [1.29, 1.82) is 0 Å². The Bertz CT molecular complexity index is 680. The van der Waals surface area contributed by atoms with E-state index in [0.717, 1.165) is 0 Å². The Morgan fingerprint density at radius 2 is 1.96 bits per heavy atom. The molecule has 1 aromatic carbocycles. The summed E-state index contributed by atoms with van der Waals surface area (Å²) in [6, 6.07) is 9.51. The number of amides is 2. The predicted molar refractivity (Wildman–Crippen MR) is 90.9 cm³/mol. The second-order valence-electron chi connectivity index (χ2n) is 5.99. The molecule has 0 saturated heterocycles. The van der Waals surface area contributed by atoms with Crippen molar-refractivity contribution in [3.05, 3.63) is 54.0 Å². The van der Waals surface area contributed by atoms with Crippen molar-refractivity contribution in [2.75, 3.05) is 11.9 Å². The molecule has 6 heteroatoms. The van der Waals surface area contributed by atoms with Gasteiger partial charge in [-0.05, 0) is 42.7 Å². The highest BCUT2D eigenvalue weighted by Crippen LogP contribution is 2.13. The third-order valence-corrected chi connectivity index (χ3v) is 3.44. The van der Waals surface area contributed by atoms with Crippen molar-refractivity contribution in [3.8, 4) is 0 Å². The summed E-state index contributed by atoms with van der Waals surface area (Å²) in [6.45, 7) is 3.94. The summed E-state index contributed by atoms with van der Waals surface area (Å²) in [5, 5.41) is 14.8. The summed E-state index contributed by atoms with van der Waals surface area (Å²) in [6.07, 6.45) is 2.11. The lowest BCUT2D eigenvalue weighted by Gasteiger charge is -2.18. The minimum Gasteiger partial charge on any atom is -0.459 e. The van der Waals surface area contributed by atoms with Crippen LogP contribution in [0.4, 0.5) is 5.69 Å². The van der Waals surface area contributed by atoms with Gasteiger partial charge in [-0.1, -0.05) is 19.9 Å². The molecule has 1 atom stereocenters. The van der Waals surface area contributed by atoms with E-state index in [9.17, 15) is 14.7 Å². The first-order valence-corrected chi connectivity index (χ1v) is 7.86. The molecule has 0 fully saturated rings. The van der Waals surface area contributed by atoms with Crippen molar-refractivity contribution in [1.82, 2.24) is 5.32 Å². The van der Waals surface area contributed by atoms with Crippen LogP contribution in [-0.4, -0.2) is 29.6 Å². The Morgan fingerprint density at radius 1 is 1.17 bits per heavy atom. The third kappa shape index (κ3) is 4.96. The van der Waals surface area contributed by atoms with Crippen molar-refractivity contribution in [2.24, 2.45) is 5.92 Å². The number of carbonyl (C=O) groups excluding carboxylic acids is 2. The van der Waals surface area contributed by atoms with Gasteiger partial charge in [-0.25, -0.2) is 0 Å². The van der Waals surface area contributed by atoms with Crippen molar-refractivity contribution < 1.29 is 19.1 Å². The Labute approximate surface area is 140 Å². The maximum absolute atomic E-state index is 12.3. The predicted octanol–water partition coefficient (Wildman–Crippen LogP) is 2.67. The van der Waals surface area contributed by atoms with E-state index in [1.54, 1.807) is 36.4 Å². The van der Waals surface area contributed by atoms with Crippen LogP contribution in [0.15, 0.2) is 47.1 Å². The van der Waals surface area contributed by atoms with E-state index in [1.807, 2.05) is 13.8 Å². The average molecular weight is 330 g/mol. The molecule has 1 heterocycles. The summed E-state index contributed by atoms with van der Waals surface area (Å²) in [5.74, 6) is -0.113. The first-order valence-electron chi connectivity index (χ1n) is 7.86. The fourth-order valence-corrected chi connectivity index (χ4v) is 2.36. The molecule has 1 unspecified atom stereocenters. The Hall–Kier alpha value is -2.60. The number of hydrogen-bond acceptors (Lipinski definition) is 4. The molecular formula is C18H22N2O4. The van der Waals surface area contributed by atoms with E-state index >= 15 is 0 Å². The minimum atomic E-state index is -0.384. The third-order valence-electron chi connectivity index (χ3n) is 3.44. The number of aliphatic hydroxyl groups excluding tert-OH is 1. The molecule has 3 N–H and O–H groups in total. The van der Waals surface area contributed by atoms with Crippen LogP contribution in [0.25, 0.3) is 0 Å². The normalized spacial score (nSPS) is 12.0. The van der Waals surface area contributed by atoms with Crippen LogP contribution in [0.3, 0.4) is 0 Å². The highest BCUT2D eigenvalue weighted by molar-refractivity contribution is 6.03. The van der Waals surface area contributed by atoms with Gasteiger partial charge in [0.1, 0.15) is 0 Å². The molecule has 6 nitrogen and oxygen atoms in total. The Kier molecular flexibility index (Phi) is 6.14. The number of furan rings is 1. The second kappa shape index (κ2) is 8.31. The molecule has 2 rings (SSSR count). The van der Waals surface area contributed by atoms with Crippen LogP contribution in [0.1, 0.15) is 41.2 Å². The van der Waals surface area contributed by atoms with Crippen molar-refractivity contribution in [2.45, 2.75) is 26.3 Å².